The van der Waals surface area contributed by atoms with Gasteiger partial charge in [-0.05, 0) is 57.4 Å². The number of quaternary nitrogens is 1. The van der Waals surface area contributed by atoms with Gasteiger partial charge in [0.05, 0.1) is 33.8 Å². The molecule has 0 saturated carbocycles. The highest BCUT2D eigenvalue weighted by atomic mass is 31.2. The van der Waals surface area contributed by atoms with Gasteiger partial charge < -0.3 is 19.4 Å². The summed E-state index contributed by atoms with van der Waals surface area (Å²) in [6, 6.07) is -0.841. The number of rotatable bonds is 60. The lowest BCUT2D eigenvalue weighted by Gasteiger charge is -2.27. The average molecular weight is 1080 g/mol. The van der Waals surface area contributed by atoms with Crippen molar-refractivity contribution in [1.82, 2.24) is 5.32 Å². The largest absolute Gasteiger partial charge is 0.472 e. The molecule has 0 aliphatic heterocycles. The maximum absolute atomic E-state index is 13.5. The molecule has 0 aliphatic carbocycles. The molecule has 0 rings (SSSR count). The third-order valence-electron chi connectivity index (χ3n) is 14.9. The number of nitrogens with one attached hydrogen (secondary N) is 1. The number of nitrogens with zero attached hydrogens (tertiary/aromatic N) is 1. The number of ether oxygens (including phenoxy) is 1. The van der Waals surface area contributed by atoms with Crippen molar-refractivity contribution >= 4 is 19.7 Å². The Labute approximate surface area is 466 Å². The number of hydrogen-bond donors (Lipinski definition) is 2. The van der Waals surface area contributed by atoms with E-state index in [1.54, 1.807) is 0 Å². The molecule has 0 radical (unpaired) electrons. The fourth-order valence-corrected chi connectivity index (χ4v) is 10.6. The molecule has 3 atom stereocenters. The van der Waals surface area contributed by atoms with Crippen molar-refractivity contribution in [1.29, 1.82) is 0 Å². The van der Waals surface area contributed by atoms with Crippen molar-refractivity contribution in [2.24, 2.45) is 0 Å². The number of phosphoric acid groups is 1. The van der Waals surface area contributed by atoms with Crippen LogP contribution in [0, 0.1) is 0 Å². The molecule has 0 fully saturated rings. The highest BCUT2D eigenvalue weighted by molar-refractivity contribution is 7.47. The molecule has 9 nitrogen and oxygen atoms in total. The number of likely N-dealkylation sites (N-methyl/N-ethyl adjacent to an activating group) is 1. The predicted octanol–water partition coefficient (Wildman–Crippen LogP) is 20.1. The molecule has 0 bridgehead atoms. The summed E-state index contributed by atoms with van der Waals surface area (Å²) in [6.45, 7) is 7.05. The summed E-state index contributed by atoms with van der Waals surface area (Å²) in [7, 11) is 1.51. The molecule has 0 aromatic carbocycles. The summed E-state index contributed by atoms with van der Waals surface area (Å²) < 4.78 is 30.7. The Balaban J connectivity index is 5.02. The van der Waals surface area contributed by atoms with E-state index in [1.807, 2.05) is 33.3 Å². The molecule has 75 heavy (non-hydrogen) atoms. The number of unbranched alkanes of at least 4 members (excludes halogenated alkanes) is 42. The van der Waals surface area contributed by atoms with Crippen LogP contribution < -0.4 is 5.32 Å². The summed E-state index contributed by atoms with van der Waals surface area (Å²) in [4.78, 5) is 37.7. The van der Waals surface area contributed by atoms with Gasteiger partial charge in [-0.25, -0.2) is 4.57 Å². The fourth-order valence-electron chi connectivity index (χ4n) is 9.82. The topological polar surface area (TPSA) is 111 Å². The molecule has 0 heterocycles. The molecular formula is C65H128N2O7P+. The van der Waals surface area contributed by atoms with E-state index < -0.39 is 20.0 Å². The van der Waals surface area contributed by atoms with Crippen LogP contribution in [0.2, 0.25) is 0 Å². The fraction of sp³-hybridized carbons (Fsp3) is 0.908. The van der Waals surface area contributed by atoms with Crippen LogP contribution >= 0.6 is 7.82 Å². The number of amides is 1. The van der Waals surface area contributed by atoms with Crippen LogP contribution in [-0.4, -0.2) is 74.3 Å². The Morgan fingerprint density at radius 1 is 0.453 bits per heavy atom. The minimum Gasteiger partial charge on any atom is -0.456 e. The van der Waals surface area contributed by atoms with Gasteiger partial charge in [0, 0.05) is 12.8 Å². The molecule has 0 aliphatic rings. The van der Waals surface area contributed by atoms with E-state index in [0.717, 1.165) is 57.8 Å². The third kappa shape index (κ3) is 57.0. The zero-order valence-electron chi connectivity index (χ0n) is 50.8. The van der Waals surface area contributed by atoms with Crippen molar-refractivity contribution in [2.45, 2.75) is 341 Å². The molecule has 0 aromatic rings. The summed E-state index contributed by atoms with van der Waals surface area (Å²) in [5.74, 6) is -0.488. The van der Waals surface area contributed by atoms with Crippen molar-refractivity contribution in [3.8, 4) is 0 Å². The Kier molecular flexibility index (Phi) is 54.7. The SMILES string of the molecule is CCCCCCCC/C=C/CCCCCCCCCCCCCCCCCC(=O)OC(/C=C\CCCCCCCCCCCCC)C(COP(=O)(O)OCC[N+](C)(C)C)NC(=O)CCCCCCCCCCCCC. The van der Waals surface area contributed by atoms with Crippen LogP contribution in [0.15, 0.2) is 24.3 Å². The molecule has 0 aromatic heterocycles. The van der Waals surface area contributed by atoms with Gasteiger partial charge in [0.2, 0.25) is 5.91 Å². The first-order valence-electron chi connectivity index (χ1n) is 32.7. The van der Waals surface area contributed by atoms with E-state index in [4.69, 9.17) is 13.8 Å². The first-order valence-corrected chi connectivity index (χ1v) is 34.2. The lowest BCUT2D eigenvalue weighted by molar-refractivity contribution is -0.870. The van der Waals surface area contributed by atoms with Gasteiger partial charge in [0.1, 0.15) is 19.3 Å². The molecular weight excluding hydrogens is 952 g/mol. The van der Waals surface area contributed by atoms with Crippen LogP contribution in [0.5, 0.6) is 0 Å². The predicted molar refractivity (Wildman–Crippen MR) is 323 cm³/mol. The van der Waals surface area contributed by atoms with Gasteiger partial charge in [-0.1, -0.05) is 283 Å². The molecule has 0 saturated heterocycles. The first kappa shape index (κ1) is 73.5. The second-order valence-corrected chi connectivity index (χ2v) is 25.1. The Morgan fingerprint density at radius 3 is 1.13 bits per heavy atom. The van der Waals surface area contributed by atoms with E-state index in [-0.39, 0.29) is 25.1 Å². The molecule has 10 heteroatoms. The van der Waals surface area contributed by atoms with E-state index >= 15 is 0 Å². The van der Waals surface area contributed by atoms with Crippen molar-refractivity contribution in [3.63, 3.8) is 0 Å². The number of phosphoric ester groups is 1. The second-order valence-electron chi connectivity index (χ2n) is 23.6. The van der Waals surface area contributed by atoms with Gasteiger partial charge in [0.25, 0.3) is 0 Å². The van der Waals surface area contributed by atoms with Crippen LogP contribution in [0.1, 0.15) is 329 Å². The molecule has 2 N–H and O–H groups in total. The van der Waals surface area contributed by atoms with Crippen molar-refractivity contribution in [3.05, 3.63) is 24.3 Å². The molecule has 3 unspecified atom stereocenters. The molecule has 0 spiro atoms. The van der Waals surface area contributed by atoms with Crippen molar-refractivity contribution in [2.75, 3.05) is 40.9 Å². The van der Waals surface area contributed by atoms with Crippen LogP contribution in [0.3, 0.4) is 0 Å². The smallest absolute Gasteiger partial charge is 0.456 e. The maximum atomic E-state index is 13.5. The average Bonchev–Trinajstić information content (AvgIpc) is 3.37. The standard InChI is InChI=1S/C65H127N2O7P/c1-7-10-13-16-19-22-25-27-28-29-30-31-32-33-34-35-36-37-38-40-43-46-49-52-55-58-65(69)74-63(56-53-50-47-44-42-39-26-23-20-17-14-11-8-2)62(61-73-75(70,71)72-60-59-67(4,5)6)66-64(68)57-54-51-48-45-41-24-21-18-15-12-9-3/h27-28,53,56,62-63H,7-26,29-52,54-55,57-61H2,1-6H3,(H-,66,68,70,71)/p+1/b28-27+,56-53-. The molecule has 1 amide bonds. The normalized spacial score (nSPS) is 13.7. The van der Waals surface area contributed by atoms with Gasteiger partial charge in [0.15, 0.2) is 0 Å². The molecule has 444 valence electrons. The van der Waals surface area contributed by atoms with Gasteiger partial charge in [-0.15, -0.1) is 0 Å². The zero-order valence-corrected chi connectivity index (χ0v) is 51.7. The van der Waals surface area contributed by atoms with E-state index in [1.165, 1.54) is 238 Å². The monoisotopic (exact) mass is 1080 g/mol. The van der Waals surface area contributed by atoms with Crippen molar-refractivity contribution < 1.29 is 37.3 Å². The summed E-state index contributed by atoms with van der Waals surface area (Å²) in [5, 5.41) is 3.06. The summed E-state index contributed by atoms with van der Waals surface area (Å²) >= 11 is 0. The third-order valence-corrected chi connectivity index (χ3v) is 15.9. The zero-order chi connectivity index (χ0) is 55.0. The highest BCUT2D eigenvalue weighted by Crippen LogP contribution is 2.43. The van der Waals surface area contributed by atoms with Gasteiger partial charge in [-0.2, -0.15) is 0 Å². The quantitative estimate of drug-likeness (QED) is 0.0205. The number of esters is 1. The van der Waals surface area contributed by atoms with Crippen LogP contribution in [-0.2, 0) is 27.9 Å². The minimum atomic E-state index is -4.44. The maximum Gasteiger partial charge on any atom is 0.472 e. The number of allylic oxidation sites excluding steroid dienone is 3. The Morgan fingerprint density at radius 2 is 0.773 bits per heavy atom. The first-order chi connectivity index (χ1) is 36.4. The summed E-state index contributed by atoms with van der Waals surface area (Å²) in [5.41, 5.74) is 0. The van der Waals surface area contributed by atoms with E-state index in [2.05, 4.69) is 38.2 Å². The summed E-state index contributed by atoms with van der Waals surface area (Å²) in [6.07, 6.45) is 66.1. The van der Waals surface area contributed by atoms with Crippen LogP contribution in [0.4, 0.5) is 0 Å². The highest BCUT2D eigenvalue weighted by Gasteiger charge is 2.30. The second kappa shape index (κ2) is 55.8. The van der Waals surface area contributed by atoms with Gasteiger partial charge in [-0.3, -0.25) is 18.6 Å². The van der Waals surface area contributed by atoms with Gasteiger partial charge >= 0.3 is 13.8 Å². The van der Waals surface area contributed by atoms with Crippen LogP contribution in [0.25, 0.3) is 0 Å². The van der Waals surface area contributed by atoms with E-state index in [0.29, 0.717) is 23.9 Å². The minimum absolute atomic E-state index is 0.0444. The Bertz CT molecular complexity index is 1340. The number of hydrogen-bond acceptors (Lipinski definition) is 6. The lowest BCUT2D eigenvalue weighted by atomic mass is 10.0. The Hall–Kier alpha value is -1.51. The number of carbonyl (C=O) groups is 2. The van der Waals surface area contributed by atoms with E-state index in [9.17, 15) is 19.0 Å². The lowest BCUT2D eigenvalue weighted by Crippen LogP contribution is -2.47. The number of carbonyl (C=O) groups excluding carboxylic acids is 2.